The van der Waals surface area contributed by atoms with Crippen LogP contribution in [-0.4, -0.2) is 35.6 Å². The van der Waals surface area contributed by atoms with Crippen LogP contribution in [0.2, 0.25) is 0 Å². The van der Waals surface area contributed by atoms with Gasteiger partial charge in [0.05, 0.1) is 52.4 Å². The van der Waals surface area contributed by atoms with Crippen LogP contribution in [0.1, 0.15) is 0 Å². The third kappa shape index (κ3) is 2.16. The Morgan fingerprint density at radius 3 is 1.19 bits per heavy atom. The van der Waals surface area contributed by atoms with Crippen LogP contribution in [0, 0.1) is 0 Å². The number of benzene rings is 7. The molecule has 2 aliphatic heterocycles. The summed E-state index contributed by atoms with van der Waals surface area (Å²) in [6.45, 7) is 0. The molecule has 0 bridgehead atoms. The molecule has 48 heavy (non-hydrogen) atoms. The molecule has 4 aromatic heterocycles. The fourth-order valence-corrected chi connectivity index (χ4v) is 12.5. The fraction of sp³-hybridized carbons (Fsp3) is 0. The first-order valence-electron chi connectivity index (χ1n) is 15.1. The van der Waals surface area contributed by atoms with Crippen LogP contribution in [0.3, 0.4) is 0 Å². The summed E-state index contributed by atoms with van der Waals surface area (Å²) in [5.41, 5.74) is 1.88. The normalized spacial score (nSPS) is 16.3. The van der Waals surface area contributed by atoms with Crippen molar-refractivity contribution in [1.82, 2.24) is 18.8 Å². The molecular weight excluding hydrogens is 649 g/mol. The van der Waals surface area contributed by atoms with Gasteiger partial charge in [-0.1, -0.05) is 24.3 Å². The zero-order valence-corrected chi connectivity index (χ0v) is 25.6. The predicted octanol–water partition coefficient (Wildman–Crippen LogP) is 5.53. The number of fused-ring (bicyclic) bond motifs is 8. The maximum Gasteiger partial charge on any atom is 0.264 e. The predicted molar refractivity (Wildman–Crippen MR) is 181 cm³/mol. The molecule has 11 aromatic rings. The van der Waals surface area contributed by atoms with E-state index < -0.39 is 30.8 Å². The Kier molecular flexibility index (Phi) is 3.45. The zero-order valence-electron chi connectivity index (χ0n) is 24.0. The first-order chi connectivity index (χ1) is 23.2. The quantitative estimate of drug-likeness (QED) is 0.153. The van der Waals surface area contributed by atoms with Crippen molar-refractivity contribution in [3.05, 3.63) is 93.5 Å². The van der Waals surface area contributed by atoms with Crippen LogP contribution in [0.5, 0.6) is 0 Å². The van der Waals surface area contributed by atoms with Gasteiger partial charge in [0.2, 0.25) is 19.7 Å². The molecule has 0 fully saturated rings. The Morgan fingerprint density at radius 1 is 0.438 bits per heavy atom. The van der Waals surface area contributed by atoms with E-state index in [-0.39, 0.29) is 30.4 Å². The Labute approximate surface area is 265 Å². The van der Waals surface area contributed by atoms with Gasteiger partial charge in [-0.25, -0.2) is 26.8 Å². The van der Waals surface area contributed by atoms with Crippen LogP contribution in [0.4, 0.5) is 0 Å². The SMILES string of the molecule is O=c1c2cc3c4c5c(cc6c(=O)n7c8ccccc8nc7c7cc8c(c9c(cc(c2c49)c2nc4ccccc4n12)S8(=O)=O)c5c67)S3(=O)=O. The van der Waals surface area contributed by atoms with Gasteiger partial charge < -0.3 is 0 Å². The molecule has 0 atom stereocenters. The minimum absolute atomic E-state index is 0.0201. The van der Waals surface area contributed by atoms with Crippen molar-refractivity contribution in [2.24, 2.45) is 0 Å². The highest BCUT2D eigenvalue weighted by molar-refractivity contribution is 7.93. The maximum atomic E-state index is 14.7. The Hall–Kier alpha value is -5.98. The topological polar surface area (TPSA) is 137 Å². The molecule has 13 rings (SSSR count). The first kappa shape index (κ1) is 24.2. The third-order valence-electron chi connectivity index (χ3n) is 10.8. The second kappa shape index (κ2) is 6.84. The molecule has 12 heteroatoms. The number of sulfone groups is 2. The molecule has 0 amide bonds. The molecule has 0 N–H and O–H groups in total. The van der Waals surface area contributed by atoms with E-state index >= 15 is 0 Å². The van der Waals surface area contributed by atoms with Gasteiger partial charge in [-0.05, 0) is 48.5 Å². The van der Waals surface area contributed by atoms with Crippen molar-refractivity contribution in [2.45, 2.75) is 19.6 Å². The van der Waals surface area contributed by atoms with Crippen molar-refractivity contribution in [2.75, 3.05) is 0 Å². The Morgan fingerprint density at radius 2 is 0.792 bits per heavy atom. The smallest absolute Gasteiger partial charge is 0.264 e. The van der Waals surface area contributed by atoms with E-state index in [1.54, 1.807) is 60.7 Å². The molecule has 2 aliphatic rings. The van der Waals surface area contributed by atoms with Crippen molar-refractivity contribution >= 4 is 118 Å². The van der Waals surface area contributed by atoms with Gasteiger partial charge in [-0.2, -0.15) is 0 Å². The number of para-hydroxylation sites is 4. The van der Waals surface area contributed by atoms with Gasteiger partial charge >= 0.3 is 0 Å². The summed E-state index contributed by atoms with van der Waals surface area (Å²) in [5.74, 6) is 0. The summed E-state index contributed by atoms with van der Waals surface area (Å²) in [6.07, 6.45) is 0. The summed E-state index contributed by atoms with van der Waals surface area (Å²) in [6, 6.07) is 20.2. The molecule has 0 aliphatic carbocycles. The largest absolute Gasteiger partial charge is 0.268 e. The van der Waals surface area contributed by atoms with Crippen LogP contribution in [0.15, 0.2) is 102 Å². The number of imidazole rings is 2. The average Bonchev–Trinajstić information content (AvgIpc) is 3.78. The molecule has 0 radical (unpaired) electrons. The first-order valence-corrected chi connectivity index (χ1v) is 18.1. The molecule has 6 heterocycles. The van der Waals surface area contributed by atoms with Crippen molar-refractivity contribution in [3.63, 3.8) is 0 Å². The van der Waals surface area contributed by atoms with E-state index in [1.165, 1.54) is 20.9 Å². The fourth-order valence-electron chi connectivity index (χ4n) is 9.01. The average molecular weight is 661 g/mol. The minimum Gasteiger partial charge on any atom is -0.268 e. The summed E-state index contributed by atoms with van der Waals surface area (Å²) < 4.78 is 61.5. The van der Waals surface area contributed by atoms with Crippen molar-refractivity contribution in [1.29, 1.82) is 0 Å². The van der Waals surface area contributed by atoms with Crippen LogP contribution >= 0.6 is 0 Å². The number of aromatic nitrogens is 4. The molecule has 10 nitrogen and oxygen atoms in total. The zero-order chi connectivity index (χ0) is 31.9. The lowest BCUT2D eigenvalue weighted by molar-refractivity contribution is 0.597. The molecule has 224 valence electrons. The number of pyridine rings is 2. The van der Waals surface area contributed by atoms with E-state index in [9.17, 15) is 26.4 Å². The van der Waals surface area contributed by atoms with E-state index in [4.69, 9.17) is 9.97 Å². The van der Waals surface area contributed by atoms with E-state index in [2.05, 4.69) is 0 Å². The van der Waals surface area contributed by atoms with Gasteiger partial charge in [-0.15, -0.1) is 0 Å². The highest BCUT2D eigenvalue weighted by Crippen LogP contribution is 2.59. The molecule has 0 spiro atoms. The lowest BCUT2D eigenvalue weighted by Gasteiger charge is -2.16. The second-order valence-electron chi connectivity index (χ2n) is 12.8. The maximum absolute atomic E-state index is 14.7. The highest BCUT2D eigenvalue weighted by Gasteiger charge is 2.43. The summed E-state index contributed by atoms with van der Waals surface area (Å²) in [7, 11) is -8.42. The number of hydrogen-bond donors (Lipinski definition) is 0. The van der Waals surface area contributed by atoms with Gasteiger partial charge in [-0.3, -0.25) is 18.4 Å². The van der Waals surface area contributed by atoms with E-state index in [1.807, 2.05) is 0 Å². The standard InChI is InChI=1S/C36H12N4O6S2/c41-35-15-11-23-29-30-24(48(23,45)46)12-16-26-14(34-38-18-6-2-4-8-20(18)40(34)36(16)42)10-22-28(32(26)30)27-21(47(22,43)44)9-13(25(15)31(27)29)33-37-17-5-1-3-7-19(17)39(33)35/h1-12H. The van der Waals surface area contributed by atoms with E-state index in [0.29, 0.717) is 87.2 Å². The Bertz CT molecular complexity index is 3610. The van der Waals surface area contributed by atoms with Gasteiger partial charge in [0.1, 0.15) is 11.3 Å². The lowest BCUT2D eigenvalue weighted by atomic mass is 9.86. The summed E-state index contributed by atoms with van der Waals surface area (Å²) in [5, 5.41) is 4.43. The van der Waals surface area contributed by atoms with Crippen LogP contribution in [-0.2, 0) is 19.7 Å². The third-order valence-corrected chi connectivity index (χ3v) is 14.4. The summed E-state index contributed by atoms with van der Waals surface area (Å²) >= 11 is 0. The van der Waals surface area contributed by atoms with Crippen LogP contribution in [0.25, 0.3) is 98.0 Å². The monoisotopic (exact) mass is 660 g/mol. The lowest BCUT2D eigenvalue weighted by Crippen LogP contribution is -2.14. The van der Waals surface area contributed by atoms with Crippen molar-refractivity contribution < 1.29 is 16.8 Å². The summed E-state index contributed by atoms with van der Waals surface area (Å²) in [4.78, 5) is 38.2. The van der Waals surface area contributed by atoms with Gasteiger partial charge in [0.25, 0.3) is 11.1 Å². The Balaban J connectivity index is 1.42. The van der Waals surface area contributed by atoms with Crippen molar-refractivity contribution in [3.8, 4) is 0 Å². The highest BCUT2D eigenvalue weighted by atomic mass is 32.2. The molecular formula is C36H12N4O6S2. The molecule has 0 saturated carbocycles. The van der Waals surface area contributed by atoms with E-state index in [0.717, 1.165) is 0 Å². The number of hydrogen-bond acceptors (Lipinski definition) is 8. The number of rotatable bonds is 0. The molecule has 0 unspecified atom stereocenters. The second-order valence-corrected chi connectivity index (χ2v) is 16.6. The van der Waals surface area contributed by atoms with Crippen LogP contribution < -0.4 is 11.1 Å². The minimum atomic E-state index is -4.25. The molecule has 0 saturated heterocycles. The van der Waals surface area contributed by atoms with Gasteiger partial charge in [0.15, 0.2) is 0 Å². The van der Waals surface area contributed by atoms with Gasteiger partial charge in [0, 0.05) is 53.9 Å². The molecule has 7 aromatic carbocycles. The number of nitrogens with zero attached hydrogens (tertiary/aromatic N) is 4.